The van der Waals surface area contributed by atoms with E-state index >= 15 is 0 Å². The first-order valence-corrected chi connectivity index (χ1v) is 10.4. The Labute approximate surface area is 166 Å². The summed E-state index contributed by atoms with van der Waals surface area (Å²) in [5.41, 5.74) is 1.52. The second-order valence-electron chi connectivity index (χ2n) is 6.61. The van der Waals surface area contributed by atoms with Gasteiger partial charge in [-0.1, -0.05) is 30.8 Å². The molecule has 0 saturated heterocycles. The zero-order valence-corrected chi connectivity index (χ0v) is 16.7. The maximum absolute atomic E-state index is 13.2. The number of H-pyrrole nitrogens is 1. The maximum atomic E-state index is 13.2. The summed E-state index contributed by atoms with van der Waals surface area (Å²) in [5.74, 6) is 1.25. The maximum Gasteiger partial charge on any atom is 0.325 e. The van der Waals surface area contributed by atoms with Gasteiger partial charge in [0.15, 0.2) is 5.76 Å². The topological polar surface area (TPSA) is 83.1 Å². The number of aromatic amines is 1. The van der Waals surface area contributed by atoms with Crippen molar-refractivity contribution in [2.75, 3.05) is 11.2 Å². The minimum Gasteiger partial charge on any atom is -0.457 e. The van der Waals surface area contributed by atoms with Gasteiger partial charge in [-0.2, -0.15) is 0 Å². The first-order valence-electron chi connectivity index (χ1n) is 9.13. The predicted octanol–water partition coefficient (Wildman–Crippen LogP) is 3.04. The van der Waals surface area contributed by atoms with Crippen molar-refractivity contribution >= 4 is 23.4 Å². The third-order valence-electron chi connectivity index (χ3n) is 4.70. The summed E-state index contributed by atoms with van der Waals surface area (Å²) in [7, 11) is 0. The normalized spacial score (nSPS) is 15.2. The Hall–Kier alpha value is -2.87. The first-order chi connectivity index (χ1) is 13.5. The van der Waals surface area contributed by atoms with Gasteiger partial charge in [0.25, 0.3) is 0 Å². The van der Waals surface area contributed by atoms with E-state index in [4.69, 9.17) is 4.42 Å². The van der Waals surface area contributed by atoms with Crippen molar-refractivity contribution in [3.8, 4) is 11.3 Å². The van der Waals surface area contributed by atoms with E-state index in [9.17, 15) is 9.59 Å². The fourth-order valence-electron chi connectivity index (χ4n) is 3.52. The Morgan fingerprint density at radius 2 is 2.11 bits per heavy atom. The van der Waals surface area contributed by atoms with Gasteiger partial charge in [-0.15, -0.1) is 0 Å². The first kappa shape index (κ1) is 18.5. The molecule has 3 heterocycles. The van der Waals surface area contributed by atoms with Crippen molar-refractivity contribution in [1.82, 2.24) is 10.1 Å². The highest BCUT2D eigenvalue weighted by molar-refractivity contribution is 7.98. The number of aryl methyl sites for hydroxylation is 1. The predicted molar refractivity (Wildman–Crippen MR) is 106 cm³/mol. The van der Waals surface area contributed by atoms with E-state index in [1.807, 2.05) is 56.5 Å². The van der Waals surface area contributed by atoms with Gasteiger partial charge < -0.3 is 4.42 Å². The van der Waals surface area contributed by atoms with Crippen molar-refractivity contribution < 1.29 is 13.9 Å². The summed E-state index contributed by atoms with van der Waals surface area (Å²) in [6, 6.07) is 11.1. The van der Waals surface area contributed by atoms with Crippen molar-refractivity contribution in [2.45, 2.75) is 38.0 Å². The number of furan rings is 1. The lowest BCUT2D eigenvalue weighted by Crippen LogP contribution is -2.60. The number of amides is 1. The number of rotatable bonds is 4. The second-order valence-corrected chi connectivity index (χ2v) is 7.40. The molecule has 1 unspecified atom stereocenters. The van der Waals surface area contributed by atoms with Crippen LogP contribution in [0.25, 0.3) is 11.3 Å². The van der Waals surface area contributed by atoms with E-state index in [-0.39, 0.29) is 11.5 Å². The third kappa shape index (κ3) is 2.93. The summed E-state index contributed by atoms with van der Waals surface area (Å²) in [4.78, 5) is 30.6. The van der Waals surface area contributed by atoms with Gasteiger partial charge in [0, 0.05) is 11.5 Å². The number of benzene rings is 1. The Kier molecular flexibility index (Phi) is 4.80. The quantitative estimate of drug-likeness (QED) is 0.540. The number of fused-ring (bicyclic) bond motifs is 3. The molecule has 1 amide bonds. The van der Waals surface area contributed by atoms with Crippen LogP contribution in [0.4, 0.5) is 5.69 Å². The van der Waals surface area contributed by atoms with Gasteiger partial charge in [0.1, 0.15) is 5.76 Å². The molecule has 0 radical (unpaired) electrons. The van der Waals surface area contributed by atoms with Gasteiger partial charge in [0.05, 0.1) is 11.3 Å². The monoisotopic (exact) mass is 397 g/mol. The number of hydrogen-bond donors (Lipinski definition) is 1. The van der Waals surface area contributed by atoms with Gasteiger partial charge in [-0.25, -0.2) is 4.90 Å². The Balaban J connectivity index is 2.05. The average Bonchev–Trinajstić information content (AvgIpc) is 3.12. The molecule has 144 valence electrons. The lowest BCUT2D eigenvalue weighted by molar-refractivity contribution is -0.764. The fraction of sp³-hybridized carbons (Fsp3) is 0.300. The number of thioether (sulfide) groups is 1. The molecule has 1 N–H and O–H groups in total. The van der Waals surface area contributed by atoms with E-state index in [1.165, 1.54) is 11.8 Å². The minimum atomic E-state index is -0.661. The van der Waals surface area contributed by atoms with Crippen LogP contribution in [-0.4, -0.2) is 22.2 Å². The zero-order valence-electron chi connectivity index (χ0n) is 15.9. The number of nitrogens with zero attached hydrogens (tertiary/aromatic N) is 3. The van der Waals surface area contributed by atoms with Crippen LogP contribution in [0, 0.1) is 6.92 Å². The SMILES string of the molecule is CCCC(=O)N1c2ccccc2-c2c(=O)[nH]c(SC)n[n+]2C1c1ccc(C)o1. The molecular weight excluding hydrogens is 376 g/mol. The van der Waals surface area contributed by atoms with Crippen molar-refractivity contribution in [3.63, 3.8) is 0 Å². The van der Waals surface area contributed by atoms with Gasteiger partial charge >= 0.3 is 17.4 Å². The molecule has 2 aromatic heterocycles. The molecule has 1 atom stereocenters. The number of carbonyl (C=O) groups is 1. The highest BCUT2D eigenvalue weighted by Gasteiger charge is 2.47. The number of hydrogen-bond acceptors (Lipinski definition) is 5. The smallest absolute Gasteiger partial charge is 0.325 e. The number of anilines is 1. The van der Waals surface area contributed by atoms with Crippen molar-refractivity contribution in [3.05, 3.63) is 58.3 Å². The Morgan fingerprint density at radius 1 is 1.32 bits per heavy atom. The summed E-state index contributed by atoms with van der Waals surface area (Å²) in [5, 5.41) is 5.10. The fourth-order valence-corrected chi connectivity index (χ4v) is 3.88. The molecule has 0 bridgehead atoms. The van der Waals surface area contributed by atoms with Crippen LogP contribution < -0.4 is 15.1 Å². The highest BCUT2D eigenvalue weighted by Crippen LogP contribution is 2.38. The Morgan fingerprint density at radius 3 is 2.79 bits per heavy atom. The zero-order chi connectivity index (χ0) is 19.8. The van der Waals surface area contributed by atoms with Crippen LogP contribution in [0.2, 0.25) is 0 Å². The molecule has 3 aromatic rings. The number of nitrogens with one attached hydrogen (secondary N) is 1. The summed E-state index contributed by atoms with van der Waals surface area (Å²) in [6.07, 6.45) is 2.29. The molecule has 0 saturated carbocycles. The lowest BCUT2D eigenvalue weighted by atomic mass is 10.0. The second kappa shape index (κ2) is 7.27. The lowest BCUT2D eigenvalue weighted by Gasteiger charge is -2.30. The largest absolute Gasteiger partial charge is 0.457 e. The summed E-state index contributed by atoms with van der Waals surface area (Å²) in [6.45, 7) is 3.82. The highest BCUT2D eigenvalue weighted by atomic mass is 32.2. The molecule has 1 aliphatic heterocycles. The standard InChI is InChI=1S/C20H20N4O3S/c1-4-7-16(25)23-14-9-6-5-8-13(14)17-18(26)21-20(28-3)22-24(17)19(23)15-11-10-12(2)27-15/h5-6,8-11,19H,4,7H2,1-3H3/p+1. The minimum absolute atomic E-state index is 0.0417. The van der Waals surface area contributed by atoms with E-state index in [0.29, 0.717) is 34.3 Å². The van der Waals surface area contributed by atoms with Gasteiger partial charge in [0.2, 0.25) is 11.1 Å². The van der Waals surface area contributed by atoms with Crippen LogP contribution in [0.15, 0.2) is 50.8 Å². The molecule has 0 aliphatic carbocycles. The molecule has 28 heavy (non-hydrogen) atoms. The number of carbonyl (C=O) groups excluding carboxylic acids is 1. The summed E-state index contributed by atoms with van der Waals surface area (Å²) >= 11 is 1.34. The molecule has 7 nitrogen and oxygen atoms in total. The van der Waals surface area contributed by atoms with Crippen molar-refractivity contribution in [1.29, 1.82) is 0 Å². The summed E-state index contributed by atoms with van der Waals surface area (Å²) < 4.78 is 7.50. The van der Waals surface area contributed by atoms with E-state index < -0.39 is 6.17 Å². The van der Waals surface area contributed by atoms with E-state index in [1.54, 1.807) is 9.58 Å². The molecular formula is C20H21N4O3S+. The molecule has 1 aromatic carbocycles. The van der Waals surface area contributed by atoms with Crippen LogP contribution in [0.3, 0.4) is 0 Å². The Bertz CT molecular complexity index is 1100. The molecule has 0 spiro atoms. The van der Waals surface area contributed by atoms with Crippen LogP contribution in [0.5, 0.6) is 0 Å². The molecule has 1 aliphatic rings. The molecule has 0 fully saturated rings. The van der Waals surface area contributed by atoms with Crippen LogP contribution >= 0.6 is 11.8 Å². The van der Waals surface area contributed by atoms with E-state index in [2.05, 4.69) is 10.1 Å². The number of aromatic nitrogens is 3. The third-order valence-corrected chi connectivity index (χ3v) is 5.27. The van der Waals surface area contributed by atoms with Crippen LogP contribution in [-0.2, 0) is 4.79 Å². The van der Waals surface area contributed by atoms with Crippen LogP contribution in [0.1, 0.15) is 37.5 Å². The van der Waals surface area contributed by atoms with Crippen molar-refractivity contribution in [2.24, 2.45) is 0 Å². The van der Waals surface area contributed by atoms with Gasteiger partial charge in [-0.05, 0) is 48.5 Å². The average molecular weight is 397 g/mol. The molecule has 8 heteroatoms. The van der Waals surface area contributed by atoms with E-state index in [0.717, 1.165) is 12.2 Å². The molecule has 4 rings (SSSR count). The van der Waals surface area contributed by atoms with Gasteiger partial charge in [-0.3, -0.25) is 14.6 Å². The number of para-hydroxylation sites is 1.